The van der Waals surface area contributed by atoms with Crippen LogP contribution in [0.5, 0.6) is 5.75 Å². The molecular formula is C12H11F2N3O. The summed E-state index contributed by atoms with van der Waals surface area (Å²) in [7, 11) is 0. The van der Waals surface area contributed by atoms with E-state index in [-0.39, 0.29) is 12.4 Å². The Hall–Kier alpha value is -2.21. The Morgan fingerprint density at radius 1 is 1.28 bits per heavy atom. The van der Waals surface area contributed by atoms with E-state index in [4.69, 9.17) is 10.6 Å². The lowest BCUT2D eigenvalue weighted by atomic mass is 10.2. The molecule has 2 rings (SSSR count). The van der Waals surface area contributed by atoms with Crippen LogP contribution in [0.25, 0.3) is 0 Å². The van der Waals surface area contributed by atoms with Crippen LogP contribution < -0.4 is 16.0 Å². The van der Waals surface area contributed by atoms with Crippen molar-refractivity contribution in [2.75, 3.05) is 5.43 Å². The number of hydrazine groups is 1. The molecule has 0 fully saturated rings. The van der Waals surface area contributed by atoms with Crippen LogP contribution >= 0.6 is 0 Å². The van der Waals surface area contributed by atoms with E-state index in [1.165, 1.54) is 18.3 Å². The summed E-state index contributed by atoms with van der Waals surface area (Å²) < 4.78 is 31.4. The second kappa shape index (κ2) is 5.42. The molecule has 94 valence electrons. The maximum absolute atomic E-state index is 13.3. The Kier molecular flexibility index (Phi) is 3.69. The van der Waals surface area contributed by atoms with Gasteiger partial charge < -0.3 is 10.2 Å². The minimum Gasteiger partial charge on any atom is -0.486 e. The Morgan fingerprint density at radius 2 is 2.11 bits per heavy atom. The number of nitrogens with one attached hydrogen (secondary N) is 1. The summed E-state index contributed by atoms with van der Waals surface area (Å²) in [5.41, 5.74) is 3.12. The van der Waals surface area contributed by atoms with Crippen LogP contribution in [0.1, 0.15) is 5.56 Å². The smallest absolute Gasteiger partial charge is 0.200 e. The third-order valence-electron chi connectivity index (χ3n) is 2.28. The molecule has 0 amide bonds. The number of aromatic nitrogens is 1. The normalized spacial score (nSPS) is 10.2. The number of nitrogen functional groups attached to an aromatic ring is 1. The molecular weight excluding hydrogens is 240 g/mol. The highest BCUT2D eigenvalue weighted by Gasteiger charge is 2.08. The maximum Gasteiger partial charge on any atom is 0.200 e. The largest absolute Gasteiger partial charge is 0.486 e. The van der Waals surface area contributed by atoms with E-state index in [0.717, 1.165) is 11.6 Å². The SMILES string of the molecule is NNc1cc(COc2cccc(F)c2F)ccn1. The number of ether oxygens (including phenoxy) is 1. The number of benzene rings is 1. The van der Waals surface area contributed by atoms with Gasteiger partial charge in [-0.1, -0.05) is 6.07 Å². The molecule has 0 saturated heterocycles. The first-order valence-corrected chi connectivity index (χ1v) is 5.19. The monoisotopic (exact) mass is 251 g/mol. The van der Waals surface area contributed by atoms with Gasteiger partial charge in [-0.25, -0.2) is 15.2 Å². The lowest BCUT2D eigenvalue weighted by molar-refractivity contribution is 0.284. The fourth-order valence-electron chi connectivity index (χ4n) is 1.40. The van der Waals surface area contributed by atoms with Crippen LogP contribution in [0.4, 0.5) is 14.6 Å². The number of nitrogens with zero attached hydrogens (tertiary/aromatic N) is 1. The van der Waals surface area contributed by atoms with Gasteiger partial charge in [0.05, 0.1) is 0 Å². The first-order valence-electron chi connectivity index (χ1n) is 5.19. The zero-order valence-electron chi connectivity index (χ0n) is 9.36. The van der Waals surface area contributed by atoms with Gasteiger partial charge >= 0.3 is 0 Å². The van der Waals surface area contributed by atoms with Crippen LogP contribution in [0.15, 0.2) is 36.5 Å². The predicted molar refractivity (Wildman–Crippen MR) is 62.7 cm³/mol. The Morgan fingerprint density at radius 3 is 2.89 bits per heavy atom. The molecule has 18 heavy (non-hydrogen) atoms. The molecule has 0 saturated carbocycles. The highest BCUT2D eigenvalue weighted by Crippen LogP contribution is 2.20. The number of pyridine rings is 1. The number of hydrogen-bond acceptors (Lipinski definition) is 4. The van der Waals surface area contributed by atoms with Crippen LogP contribution in [0.2, 0.25) is 0 Å². The van der Waals surface area contributed by atoms with Gasteiger partial charge in [-0.3, -0.25) is 0 Å². The van der Waals surface area contributed by atoms with Gasteiger partial charge in [0.1, 0.15) is 12.4 Å². The molecule has 0 aliphatic carbocycles. The summed E-state index contributed by atoms with van der Waals surface area (Å²) in [6.45, 7) is 0.0948. The van der Waals surface area contributed by atoms with E-state index < -0.39 is 11.6 Å². The molecule has 0 radical (unpaired) electrons. The van der Waals surface area contributed by atoms with Crippen LogP contribution in [0.3, 0.4) is 0 Å². The van der Waals surface area contributed by atoms with Crippen molar-refractivity contribution in [2.24, 2.45) is 5.84 Å². The van der Waals surface area contributed by atoms with Crippen molar-refractivity contribution in [3.63, 3.8) is 0 Å². The quantitative estimate of drug-likeness (QED) is 0.646. The topological polar surface area (TPSA) is 60.2 Å². The fraction of sp³-hybridized carbons (Fsp3) is 0.0833. The first-order chi connectivity index (χ1) is 8.70. The fourth-order valence-corrected chi connectivity index (χ4v) is 1.40. The van der Waals surface area contributed by atoms with Crippen molar-refractivity contribution in [2.45, 2.75) is 6.61 Å². The maximum atomic E-state index is 13.3. The molecule has 4 nitrogen and oxygen atoms in total. The van der Waals surface area contributed by atoms with Crippen LogP contribution in [-0.4, -0.2) is 4.98 Å². The van der Waals surface area contributed by atoms with E-state index >= 15 is 0 Å². The van der Waals surface area contributed by atoms with Crippen LogP contribution in [-0.2, 0) is 6.61 Å². The molecule has 6 heteroatoms. The van der Waals surface area contributed by atoms with Crippen molar-refractivity contribution in [1.29, 1.82) is 0 Å². The van der Waals surface area contributed by atoms with Gasteiger partial charge in [-0.2, -0.15) is 4.39 Å². The van der Waals surface area contributed by atoms with Crippen molar-refractivity contribution >= 4 is 5.82 Å². The Balaban J connectivity index is 2.09. The summed E-state index contributed by atoms with van der Waals surface area (Å²) in [6.07, 6.45) is 1.54. The Labute approximate surface area is 102 Å². The third-order valence-corrected chi connectivity index (χ3v) is 2.28. The summed E-state index contributed by atoms with van der Waals surface area (Å²) in [4.78, 5) is 3.92. The minimum absolute atomic E-state index is 0.0948. The summed E-state index contributed by atoms with van der Waals surface area (Å²) >= 11 is 0. The average molecular weight is 251 g/mol. The molecule has 1 aromatic heterocycles. The van der Waals surface area contributed by atoms with Crippen molar-refractivity contribution < 1.29 is 13.5 Å². The summed E-state index contributed by atoms with van der Waals surface area (Å²) in [6, 6.07) is 7.12. The number of anilines is 1. The number of halogens is 2. The summed E-state index contributed by atoms with van der Waals surface area (Å²) in [5, 5.41) is 0. The highest BCUT2D eigenvalue weighted by atomic mass is 19.2. The second-order valence-electron chi connectivity index (χ2n) is 3.53. The standard InChI is InChI=1S/C12H11F2N3O/c13-9-2-1-3-10(12(9)14)18-7-8-4-5-16-11(6-8)17-15/h1-6H,7,15H2,(H,16,17). The van der Waals surface area contributed by atoms with Gasteiger partial charge in [0.25, 0.3) is 0 Å². The van der Waals surface area contributed by atoms with Gasteiger partial charge in [-0.05, 0) is 29.8 Å². The molecule has 1 heterocycles. The van der Waals surface area contributed by atoms with Crippen molar-refractivity contribution in [3.8, 4) is 5.75 Å². The van der Waals surface area contributed by atoms with E-state index in [0.29, 0.717) is 5.82 Å². The number of hydrogen-bond donors (Lipinski definition) is 2. The van der Waals surface area contributed by atoms with E-state index in [9.17, 15) is 8.78 Å². The highest BCUT2D eigenvalue weighted by molar-refractivity contribution is 5.36. The number of rotatable bonds is 4. The minimum atomic E-state index is -0.997. The van der Waals surface area contributed by atoms with E-state index in [1.54, 1.807) is 12.1 Å². The summed E-state index contributed by atoms with van der Waals surface area (Å²) in [5.74, 6) is 3.61. The average Bonchev–Trinajstić information content (AvgIpc) is 2.41. The lowest BCUT2D eigenvalue weighted by Gasteiger charge is -2.08. The van der Waals surface area contributed by atoms with Crippen LogP contribution in [0, 0.1) is 11.6 Å². The van der Waals surface area contributed by atoms with Gasteiger partial charge in [-0.15, -0.1) is 0 Å². The molecule has 2 aromatic rings. The predicted octanol–water partition coefficient (Wildman–Crippen LogP) is 2.22. The molecule has 0 aliphatic rings. The third kappa shape index (κ3) is 2.72. The van der Waals surface area contributed by atoms with Crippen molar-refractivity contribution in [3.05, 3.63) is 53.7 Å². The molecule has 3 N–H and O–H groups in total. The molecule has 1 aromatic carbocycles. The lowest BCUT2D eigenvalue weighted by Crippen LogP contribution is -2.09. The molecule has 0 spiro atoms. The van der Waals surface area contributed by atoms with Gasteiger partial charge in [0, 0.05) is 6.20 Å². The molecule has 0 aliphatic heterocycles. The molecule has 0 atom stereocenters. The second-order valence-corrected chi connectivity index (χ2v) is 3.53. The molecule has 0 bridgehead atoms. The van der Waals surface area contributed by atoms with E-state index in [1.807, 2.05) is 0 Å². The van der Waals surface area contributed by atoms with Gasteiger partial charge in [0.15, 0.2) is 11.6 Å². The Bertz CT molecular complexity index is 549. The number of nitrogens with two attached hydrogens (primary N) is 1. The first kappa shape index (κ1) is 12.3. The van der Waals surface area contributed by atoms with Crippen molar-refractivity contribution in [1.82, 2.24) is 4.98 Å². The zero-order valence-corrected chi connectivity index (χ0v) is 9.36. The molecule has 0 unspecified atom stereocenters. The zero-order chi connectivity index (χ0) is 13.0. The van der Waals surface area contributed by atoms with Gasteiger partial charge in [0.2, 0.25) is 5.82 Å². The van der Waals surface area contributed by atoms with E-state index in [2.05, 4.69) is 10.4 Å².